The van der Waals surface area contributed by atoms with Crippen LogP contribution in [0, 0.1) is 37.0 Å². The van der Waals surface area contributed by atoms with Crippen molar-refractivity contribution in [1.82, 2.24) is 0 Å². The Morgan fingerprint density at radius 1 is 1.65 bits per heavy atom. The van der Waals surface area contributed by atoms with Gasteiger partial charge in [0.1, 0.15) is 0 Å². The topological polar surface area (TPSA) is 37.3 Å². The number of aliphatic hydroxyl groups is 1. The average molecular weight is 458 g/mol. The van der Waals surface area contributed by atoms with Crippen molar-refractivity contribution in [1.29, 1.82) is 0 Å². The van der Waals surface area contributed by atoms with E-state index in [0.29, 0.717) is 5.57 Å². The molecule has 0 amide bonds. The molecular formula is C14H20O2U. The fraction of sp³-hybridized carbons (Fsp3) is 0.571. The molecule has 17 heavy (non-hydrogen) atoms. The molecule has 2 nitrogen and oxygen atoms in total. The van der Waals surface area contributed by atoms with Crippen molar-refractivity contribution < 1.29 is 41.0 Å². The van der Waals surface area contributed by atoms with Gasteiger partial charge in [0.15, 0.2) is 0 Å². The molecule has 2 rings (SSSR count). The van der Waals surface area contributed by atoms with Crippen LogP contribution in [0.1, 0.15) is 46.0 Å². The number of fused-ring (bicyclic) bond motifs is 2. The van der Waals surface area contributed by atoms with Crippen molar-refractivity contribution in [2.45, 2.75) is 51.6 Å². The summed E-state index contributed by atoms with van der Waals surface area (Å²) in [5.41, 5.74) is 1.55. The first-order valence-electron chi connectivity index (χ1n) is 5.73. The van der Waals surface area contributed by atoms with Gasteiger partial charge in [-0.05, 0) is 12.7 Å². The van der Waals surface area contributed by atoms with Gasteiger partial charge in [-0.15, -0.1) is 6.92 Å². The first-order chi connectivity index (χ1) is 7.45. The maximum atomic E-state index is 10.0. The second-order valence-corrected chi connectivity index (χ2v) is 4.96. The predicted molar refractivity (Wildman–Crippen MR) is 65.5 cm³/mol. The fourth-order valence-corrected chi connectivity index (χ4v) is 2.44. The minimum Gasteiger partial charge on any atom is -0.419 e. The zero-order chi connectivity index (χ0) is 12.2. The van der Waals surface area contributed by atoms with Gasteiger partial charge in [-0.2, -0.15) is 5.57 Å². The Hall–Kier alpha value is 0.0319. The Morgan fingerprint density at radius 2 is 2.24 bits per heavy atom. The van der Waals surface area contributed by atoms with Crippen molar-refractivity contribution >= 4 is 6.29 Å². The van der Waals surface area contributed by atoms with Gasteiger partial charge >= 0.3 is 31.1 Å². The molecule has 1 saturated carbocycles. The number of allylic oxidation sites excluding steroid dienone is 2. The van der Waals surface area contributed by atoms with Crippen LogP contribution in [0.5, 0.6) is 0 Å². The molecule has 0 radical (unpaired) electrons. The number of hydrogen-bond donors (Lipinski definition) is 1. The van der Waals surface area contributed by atoms with Crippen LogP contribution in [0.2, 0.25) is 0 Å². The maximum absolute atomic E-state index is 10.0. The molecule has 1 atom stereocenters. The third-order valence-corrected chi connectivity index (χ3v) is 2.93. The predicted octanol–water partition coefficient (Wildman–Crippen LogP) is 2.89. The van der Waals surface area contributed by atoms with Crippen LogP contribution in [0.25, 0.3) is 0 Å². The van der Waals surface area contributed by atoms with Gasteiger partial charge in [-0.3, -0.25) is 0 Å². The molecule has 0 spiro atoms. The van der Waals surface area contributed by atoms with Gasteiger partial charge in [0, 0.05) is 5.60 Å². The van der Waals surface area contributed by atoms with Crippen molar-refractivity contribution in [3.8, 4) is 0 Å². The van der Waals surface area contributed by atoms with E-state index in [-0.39, 0.29) is 36.7 Å². The molecule has 0 aromatic carbocycles. The van der Waals surface area contributed by atoms with Crippen molar-refractivity contribution in [3.05, 3.63) is 29.7 Å². The Balaban J connectivity index is 0.000000373. The average Bonchev–Trinajstić information content (AvgIpc) is 2.16. The second kappa shape index (κ2) is 7.46. The van der Waals surface area contributed by atoms with Crippen LogP contribution >= 0.6 is 0 Å². The molecule has 1 unspecified atom stereocenters. The minimum atomic E-state index is -0.355. The van der Waals surface area contributed by atoms with Crippen molar-refractivity contribution in [2.24, 2.45) is 0 Å². The quantitative estimate of drug-likeness (QED) is 0.485. The molecule has 2 aliphatic carbocycles. The SMILES string of the molecule is C=C(C)[C-]=O.C[C-]1C=C2CCCC(O)(C2)C1.[U+2]. The summed E-state index contributed by atoms with van der Waals surface area (Å²) in [6.07, 6.45) is 9.07. The number of carbonyl (C=O) groups excluding carboxylic acids is 1. The second-order valence-electron chi connectivity index (χ2n) is 4.96. The number of hydrogen-bond acceptors (Lipinski definition) is 2. The van der Waals surface area contributed by atoms with E-state index in [0.717, 1.165) is 19.3 Å². The van der Waals surface area contributed by atoms with E-state index in [1.54, 1.807) is 13.2 Å². The van der Waals surface area contributed by atoms with Crippen LogP contribution in [-0.4, -0.2) is 17.0 Å². The van der Waals surface area contributed by atoms with E-state index in [4.69, 9.17) is 0 Å². The zero-order valence-electron chi connectivity index (χ0n) is 10.7. The van der Waals surface area contributed by atoms with Crippen LogP contribution in [0.4, 0.5) is 0 Å². The van der Waals surface area contributed by atoms with Gasteiger partial charge in [0.05, 0.1) is 0 Å². The van der Waals surface area contributed by atoms with Gasteiger partial charge in [-0.25, -0.2) is 24.1 Å². The monoisotopic (exact) mass is 458 g/mol. The molecular weight excluding hydrogens is 438 g/mol. The molecule has 2 aliphatic rings. The molecule has 0 aliphatic heterocycles. The summed E-state index contributed by atoms with van der Waals surface area (Å²) in [4.78, 5) is 9.28. The Labute approximate surface area is 128 Å². The maximum Gasteiger partial charge on any atom is 2.00 e. The van der Waals surface area contributed by atoms with Gasteiger partial charge in [-0.1, -0.05) is 32.6 Å². The van der Waals surface area contributed by atoms with Gasteiger partial charge < -0.3 is 9.90 Å². The zero-order valence-corrected chi connectivity index (χ0v) is 14.8. The molecule has 2 bridgehead atoms. The van der Waals surface area contributed by atoms with Crippen molar-refractivity contribution in [2.75, 3.05) is 0 Å². The third kappa shape index (κ3) is 5.95. The van der Waals surface area contributed by atoms with Crippen LogP contribution in [0.3, 0.4) is 0 Å². The van der Waals surface area contributed by atoms with Crippen LogP contribution in [-0.2, 0) is 4.79 Å². The molecule has 0 saturated heterocycles. The molecule has 1 fully saturated rings. The molecule has 1 N–H and O–H groups in total. The summed E-state index contributed by atoms with van der Waals surface area (Å²) in [7, 11) is 0. The van der Waals surface area contributed by atoms with E-state index < -0.39 is 0 Å². The van der Waals surface area contributed by atoms with Gasteiger partial charge in [0.2, 0.25) is 0 Å². The van der Waals surface area contributed by atoms with Crippen LogP contribution in [0.15, 0.2) is 23.8 Å². The summed E-state index contributed by atoms with van der Waals surface area (Å²) in [5, 5.41) is 10.0. The first kappa shape index (κ1) is 17.0. The Bertz CT molecular complexity index is 309. The standard InChI is InChI=1S/C10H15O.C4H5O.U/c1-8-5-9-3-2-4-10(11,6-8)7-9;1-4(2)3-5;/h5,11H,2-4,6-7H2,1H3;1H2,2H3;/q2*-1;+2. The third-order valence-electron chi connectivity index (χ3n) is 2.93. The Kier molecular flexibility index (Phi) is 7.48. The molecule has 92 valence electrons. The summed E-state index contributed by atoms with van der Waals surface area (Å²) in [6.45, 7) is 6.97. The summed E-state index contributed by atoms with van der Waals surface area (Å²) in [6, 6.07) is 0. The van der Waals surface area contributed by atoms with E-state index in [1.807, 2.05) is 0 Å². The van der Waals surface area contributed by atoms with E-state index in [1.165, 1.54) is 24.3 Å². The summed E-state index contributed by atoms with van der Waals surface area (Å²) >= 11 is 0. The summed E-state index contributed by atoms with van der Waals surface area (Å²) < 4.78 is 0. The molecule has 0 aromatic heterocycles. The molecule has 3 heteroatoms. The Morgan fingerprint density at radius 3 is 2.71 bits per heavy atom. The smallest absolute Gasteiger partial charge is 0.419 e. The normalized spacial score (nSPS) is 25.8. The number of rotatable bonds is 1. The summed E-state index contributed by atoms with van der Waals surface area (Å²) in [5.74, 6) is 1.36. The first-order valence-corrected chi connectivity index (χ1v) is 5.73. The fourth-order valence-electron chi connectivity index (χ4n) is 2.44. The van der Waals surface area contributed by atoms with Crippen LogP contribution < -0.4 is 0 Å². The van der Waals surface area contributed by atoms with E-state index in [2.05, 4.69) is 19.6 Å². The minimum absolute atomic E-state index is 0. The van der Waals surface area contributed by atoms with E-state index in [9.17, 15) is 9.90 Å². The van der Waals surface area contributed by atoms with Gasteiger partial charge in [0.25, 0.3) is 0 Å². The molecule has 0 heterocycles. The molecule has 0 aromatic rings. The van der Waals surface area contributed by atoms with Crippen molar-refractivity contribution in [3.63, 3.8) is 0 Å². The van der Waals surface area contributed by atoms with E-state index >= 15 is 0 Å². The largest absolute Gasteiger partial charge is 2.00 e.